The quantitative estimate of drug-likeness (QED) is 0.606. The Labute approximate surface area is 156 Å². The minimum atomic E-state index is -0.217. The minimum Gasteiger partial charge on any atom is -0.320 e. The number of aromatic nitrogens is 5. The fraction of sp³-hybridized carbons (Fsp3) is 0.158. The van der Waals surface area contributed by atoms with Crippen LogP contribution in [0.15, 0.2) is 67.5 Å². The molecule has 0 bridgehead atoms. The first-order valence-electron chi connectivity index (χ1n) is 8.54. The summed E-state index contributed by atoms with van der Waals surface area (Å²) in [5.41, 5.74) is 6.49. The molecule has 136 valence electrons. The number of imidazole rings is 1. The molecule has 2 aromatic heterocycles. The van der Waals surface area contributed by atoms with Crippen LogP contribution in [0.2, 0.25) is 0 Å². The summed E-state index contributed by atoms with van der Waals surface area (Å²) in [5, 5.41) is 4.11. The van der Waals surface area contributed by atoms with Crippen molar-refractivity contribution in [1.82, 2.24) is 29.3 Å². The summed E-state index contributed by atoms with van der Waals surface area (Å²) < 4.78 is 3.32. The van der Waals surface area contributed by atoms with E-state index in [1.54, 1.807) is 34.0 Å². The molecule has 0 aliphatic carbocycles. The standard InChI is InChI=1S/C19H19N7O/c1-14(15-7-9-16(10-8-15)25-12-20-11-22-25)24(2)19(27)23-26-13-21-17-5-3-4-6-18(17)26/h3-14H,1-2H3,(H,23,27). The first-order chi connectivity index (χ1) is 13.1. The number of hydrogen-bond acceptors (Lipinski definition) is 4. The van der Waals surface area contributed by atoms with Gasteiger partial charge in [-0.15, -0.1) is 0 Å². The van der Waals surface area contributed by atoms with Crippen LogP contribution in [0.4, 0.5) is 4.79 Å². The van der Waals surface area contributed by atoms with Crippen LogP contribution >= 0.6 is 0 Å². The average molecular weight is 361 g/mol. The molecule has 2 amide bonds. The van der Waals surface area contributed by atoms with Gasteiger partial charge in [0.2, 0.25) is 0 Å². The van der Waals surface area contributed by atoms with Gasteiger partial charge in [-0.1, -0.05) is 24.3 Å². The molecule has 0 fully saturated rings. The normalized spacial score (nSPS) is 12.1. The van der Waals surface area contributed by atoms with Crippen LogP contribution in [0.5, 0.6) is 0 Å². The third-order valence-electron chi connectivity index (χ3n) is 4.63. The zero-order valence-electron chi connectivity index (χ0n) is 15.0. The lowest BCUT2D eigenvalue weighted by molar-refractivity contribution is 0.205. The number of carbonyl (C=O) groups excluding carboxylic acids is 1. The predicted molar refractivity (Wildman–Crippen MR) is 102 cm³/mol. The van der Waals surface area contributed by atoms with Gasteiger partial charge in [0.1, 0.15) is 19.0 Å². The molecule has 1 atom stereocenters. The van der Waals surface area contributed by atoms with Crippen molar-refractivity contribution in [2.45, 2.75) is 13.0 Å². The molecule has 4 rings (SSSR count). The van der Waals surface area contributed by atoms with Crippen molar-refractivity contribution in [3.63, 3.8) is 0 Å². The monoisotopic (exact) mass is 361 g/mol. The maximum Gasteiger partial charge on any atom is 0.336 e. The Bertz CT molecular complexity index is 1050. The van der Waals surface area contributed by atoms with Gasteiger partial charge in [0.15, 0.2) is 0 Å². The SMILES string of the molecule is CC(c1ccc(-n2cncn2)cc1)N(C)C(=O)Nn1cnc2ccccc21. The van der Waals surface area contributed by atoms with Crippen molar-refractivity contribution in [3.05, 3.63) is 73.1 Å². The second-order valence-electron chi connectivity index (χ2n) is 6.24. The Balaban J connectivity index is 1.48. The van der Waals surface area contributed by atoms with E-state index in [1.165, 1.54) is 6.33 Å². The molecular weight excluding hydrogens is 342 g/mol. The van der Waals surface area contributed by atoms with E-state index in [1.807, 2.05) is 55.5 Å². The molecule has 2 aromatic carbocycles. The molecule has 27 heavy (non-hydrogen) atoms. The van der Waals surface area contributed by atoms with Gasteiger partial charge in [-0.3, -0.25) is 0 Å². The van der Waals surface area contributed by atoms with Crippen LogP contribution in [0.3, 0.4) is 0 Å². The number of amides is 2. The molecule has 1 N–H and O–H groups in total. The van der Waals surface area contributed by atoms with Gasteiger partial charge in [0.25, 0.3) is 0 Å². The Morgan fingerprint density at radius 3 is 2.63 bits per heavy atom. The molecule has 2 heterocycles. The largest absolute Gasteiger partial charge is 0.336 e. The molecule has 0 aliphatic heterocycles. The van der Waals surface area contributed by atoms with E-state index in [2.05, 4.69) is 20.5 Å². The van der Waals surface area contributed by atoms with Gasteiger partial charge in [-0.05, 0) is 36.8 Å². The molecule has 0 spiro atoms. The molecule has 0 saturated carbocycles. The lowest BCUT2D eigenvalue weighted by atomic mass is 10.1. The summed E-state index contributed by atoms with van der Waals surface area (Å²) in [7, 11) is 1.77. The smallest absolute Gasteiger partial charge is 0.320 e. The molecule has 0 radical (unpaired) electrons. The first-order valence-corrected chi connectivity index (χ1v) is 8.54. The number of benzene rings is 2. The van der Waals surface area contributed by atoms with Gasteiger partial charge in [-0.25, -0.2) is 29.5 Å². The molecule has 8 heteroatoms. The van der Waals surface area contributed by atoms with Crippen molar-refractivity contribution in [2.24, 2.45) is 0 Å². The molecule has 8 nitrogen and oxygen atoms in total. The highest BCUT2D eigenvalue weighted by molar-refractivity contribution is 5.85. The number of hydrogen-bond donors (Lipinski definition) is 1. The molecule has 0 saturated heterocycles. The van der Waals surface area contributed by atoms with E-state index in [-0.39, 0.29) is 12.1 Å². The number of fused-ring (bicyclic) bond motifs is 1. The van der Waals surface area contributed by atoms with Crippen LogP contribution in [0.1, 0.15) is 18.5 Å². The summed E-state index contributed by atoms with van der Waals surface area (Å²) in [6.07, 6.45) is 4.75. The number of nitrogens with one attached hydrogen (secondary N) is 1. The van der Waals surface area contributed by atoms with Gasteiger partial charge in [-0.2, -0.15) is 5.10 Å². The topological polar surface area (TPSA) is 80.9 Å². The maximum absolute atomic E-state index is 12.7. The highest BCUT2D eigenvalue weighted by Crippen LogP contribution is 2.20. The number of nitrogens with zero attached hydrogens (tertiary/aromatic N) is 6. The van der Waals surface area contributed by atoms with Gasteiger partial charge in [0.05, 0.1) is 22.8 Å². The van der Waals surface area contributed by atoms with Crippen molar-refractivity contribution >= 4 is 17.1 Å². The fourth-order valence-electron chi connectivity index (χ4n) is 2.88. The van der Waals surface area contributed by atoms with Crippen molar-refractivity contribution < 1.29 is 4.79 Å². The van der Waals surface area contributed by atoms with Gasteiger partial charge < -0.3 is 4.90 Å². The van der Waals surface area contributed by atoms with Gasteiger partial charge in [0, 0.05) is 7.05 Å². The fourth-order valence-corrected chi connectivity index (χ4v) is 2.88. The summed E-state index contributed by atoms with van der Waals surface area (Å²) in [6, 6.07) is 15.2. The molecule has 4 aromatic rings. The first kappa shape index (κ1) is 16.8. The molecular formula is C19H19N7O. The lowest BCUT2D eigenvalue weighted by Crippen LogP contribution is -2.37. The van der Waals surface area contributed by atoms with Crippen LogP contribution in [0.25, 0.3) is 16.7 Å². The Morgan fingerprint density at radius 1 is 1.11 bits per heavy atom. The second-order valence-corrected chi connectivity index (χ2v) is 6.24. The zero-order valence-corrected chi connectivity index (χ0v) is 15.0. The van der Waals surface area contributed by atoms with Crippen molar-refractivity contribution in [2.75, 3.05) is 12.5 Å². The Hall–Kier alpha value is -3.68. The minimum absolute atomic E-state index is 0.107. The highest BCUT2D eigenvalue weighted by Gasteiger charge is 2.18. The van der Waals surface area contributed by atoms with E-state index in [0.717, 1.165) is 22.3 Å². The van der Waals surface area contributed by atoms with Crippen LogP contribution in [0, 0.1) is 0 Å². The van der Waals surface area contributed by atoms with E-state index < -0.39 is 0 Å². The zero-order chi connectivity index (χ0) is 18.8. The predicted octanol–water partition coefficient (Wildman–Crippen LogP) is 2.97. The summed E-state index contributed by atoms with van der Waals surface area (Å²) >= 11 is 0. The number of urea groups is 1. The van der Waals surface area contributed by atoms with Gasteiger partial charge >= 0.3 is 6.03 Å². The second kappa shape index (κ2) is 6.91. The maximum atomic E-state index is 12.7. The molecule has 0 aliphatic rings. The van der Waals surface area contributed by atoms with Crippen LogP contribution in [-0.4, -0.2) is 42.4 Å². The summed E-state index contributed by atoms with van der Waals surface area (Å²) in [6.45, 7) is 1.98. The lowest BCUT2D eigenvalue weighted by Gasteiger charge is -2.26. The number of rotatable bonds is 4. The van der Waals surface area contributed by atoms with E-state index >= 15 is 0 Å². The number of carbonyl (C=O) groups is 1. The summed E-state index contributed by atoms with van der Waals surface area (Å²) in [4.78, 5) is 22.6. The number of para-hydroxylation sites is 2. The molecule has 1 unspecified atom stereocenters. The third kappa shape index (κ3) is 3.24. The van der Waals surface area contributed by atoms with E-state index in [0.29, 0.717) is 0 Å². The van der Waals surface area contributed by atoms with Crippen LogP contribution < -0.4 is 5.43 Å². The van der Waals surface area contributed by atoms with E-state index in [4.69, 9.17) is 0 Å². The van der Waals surface area contributed by atoms with Crippen molar-refractivity contribution in [3.8, 4) is 5.69 Å². The third-order valence-corrected chi connectivity index (χ3v) is 4.63. The van der Waals surface area contributed by atoms with Crippen molar-refractivity contribution in [1.29, 1.82) is 0 Å². The summed E-state index contributed by atoms with van der Waals surface area (Å²) in [5.74, 6) is 0. The van der Waals surface area contributed by atoms with Crippen LogP contribution in [-0.2, 0) is 0 Å². The Morgan fingerprint density at radius 2 is 1.89 bits per heavy atom. The highest BCUT2D eigenvalue weighted by atomic mass is 16.2. The van der Waals surface area contributed by atoms with E-state index in [9.17, 15) is 4.79 Å². The Kier molecular flexibility index (Phi) is 4.29. The average Bonchev–Trinajstić information content (AvgIpc) is 3.38.